The Bertz CT molecular complexity index is 1410. The predicted octanol–water partition coefficient (Wildman–Crippen LogP) is 4.22. The number of H-pyrrole nitrogens is 1. The highest BCUT2D eigenvalue weighted by molar-refractivity contribution is 5.85. The van der Waals surface area contributed by atoms with Crippen molar-refractivity contribution in [1.29, 1.82) is 0 Å². The second-order valence-electron chi connectivity index (χ2n) is 9.80. The van der Waals surface area contributed by atoms with Crippen molar-refractivity contribution in [2.75, 3.05) is 38.6 Å². The van der Waals surface area contributed by atoms with Gasteiger partial charge in [-0.15, -0.1) is 0 Å². The van der Waals surface area contributed by atoms with Crippen LogP contribution in [0.3, 0.4) is 0 Å². The molecule has 1 saturated carbocycles. The number of nitrogens with zero attached hydrogens (tertiary/aromatic N) is 5. The van der Waals surface area contributed by atoms with Crippen molar-refractivity contribution in [3.63, 3.8) is 0 Å². The quantitative estimate of drug-likeness (QED) is 0.394. The summed E-state index contributed by atoms with van der Waals surface area (Å²) in [6.45, 7) is 4.27. The van der Waals surface area contributed by atoms with Gasteiger partial charge in [-0.2, -0.15) is 0 Å². The summed E-state index contributed by atoms with van der Waals surface area (Å²) in [6.07, 6.45) is 8.63. The normalized spacial score (nSPS) is 16.5. The van der Waals surface area contributed by atoms with Gasteiger partial charge in [0.25, 0.3) is 0 Å². The van der Waals surface area contributed by atoms with Crippen LogP contribution < -0.4 is 10.1 Å². The smallest absolute Gasteiger partial charge is 0.225 e. The molecule has 9 heteroatoms. The van der Waals surface area contributed by atoms with Crippen molar-refractivity contribution in [1.82, 2.24) is 29.7 Å². The van der Waals surface area contributed by atoms with Gasteiger partial charge in [0.1, 0.15) is 11.6 Å². The zero-order valence-corrected chi connectivity index (χ0v) is 21.0. The first kappa shape index (κ1) is 23.4. The Morgan fingerprint density at radius 1 is 1.11 bits per heavy atom. The zero-order chi connectivity index (χ0) is 25.2. The van der Waals surface area contributed by atoms with Crippen LogP contribution in [0.5, 0.6) is 5.75 Å². The lowest BCUT2D eigenvalue weighted by Crippen LogP contribution is -2.50. The molecule has 4 heterocycles. The summed E-state index contributed by atoms with van der Waals surface area (Å²) in [5.41, 5.74) is 4.97. The average Bonchev–Trinajstić information content (AvgIpc) is 3.29. The van der Waals surface area contributed by atoms with E-state index in [1.807, 2.05) is 30.5 Å². The third-order valence-electron chi connectivity index (χ3n) is 7.41. The fourth-order valence-corrected chi connectivity index (χ4v) is 5.08. The van der Waals surface area contributed by atoms with Crippen molar-refractivity contribution in [2.45, 2.75) is 25.8 Å². The van der Waals surface area contributed by atoms with Gasteiger partial charge in [0.2, 0.25) is 11.9 Å². The predicted molar refractivity (Wildman–Crippen MR) is 143 cm³/mol. The molecule has 1 amide bonds. The van der Waals surface area contributed by atoms with E-state index in [0.29, 0.717) is 11.9 Å². The number of ether oxygens (including phenoxy) is 1. The van der Waals surface area contributed by atoms with E-state index in [2.05, 4.69) is 47.2 Å². The summed E-state index contributed by atoms with van der Waals surface area (Å²) < 4.78 is 5.46. The van der Waals surface area contributed by atoms with Gasteiger partial charge in [0.15, 0.2) is 0 Å². The average molecular weight is 498 g/mol. The van der Waals surface area contributed by atoms with Gasteiger partial charge in [0, 0.05) is 56.6 Å². The van der Waals surface area contributed by atoms with E-state index in [-0.39, 0.29) is 5.92 Å². The number of carbonyl (C=O) groups is 1. The maximum atomic E-state index is 12.5. The number of hydrogen-bond donors (Lipinski definition) is 2. The van der Waals surface area contributed by atoms with Crippen molar-refractivity contribution >= 4 is 28.7 Å². The lowest BCUT2D eigenvalue weighted by atomic mass is 9.84. The number of pyridine rings is 2. The number of nitrogens with one attached hydrogen (secondary N) is 2. The maximum Gasteiger partial charge on any atom is 0.225 e. The second-order valence-corrected chi connectivity index (χ2v) is 9.80. The largest absolute Gasteiger partial charge is 0.494 e. The molecule has 2 fully saturated rings. The highest BCUT2D eigenvalue weighted by Gasteiger charge is 2.31. The van der Waals surface area contributed by atoms with E-state index in [0.717, 1.165) is 79.3 Å². The van der Waals surface area contributed by atoms with E-state index in [1.54, 1.807) is 19.5 Å². The van der Waals surface area contributed by atoms with Crippen LogP contribution in [0.2, 0.25) is 0 Å². The molecule has 0 spiro atoms. The summed E-state index contributed by atoms with van der Waals surface area (Å²) in [4.78, 5) is 33.7. The van der Waals surface area contributed by atoms with Gasteiger partial charge in [-0.25, -0.2) is 9.97 Å². The Balaban J connectivity index is 1.11. The third kappa shape index (κ3) is 4.99. The molecule has 3 aromatic heterocycles. The highest BCUT2D eigenvalue weighted by Crippen LogP contribution is 2.31. The van der Waals surface area contributed by atoms with E-state index in [9.17, 15) is 4.79 Å². The van der Waals surface area contributed by atoms with Gasteiger partial charge in [-0.3, -0.25) is 14.7 Å². The Hall–Kier alpha value is -3.98. The molecular formula is C28H31N7O2. The van der Waals surface area contributed by atoms with Gasteiger partial charge >= 0.3 is 0 Å². The molecule has 0 unspecified atom stereocenters. The summed E-state index contributed by atoms with van der Waals surface area (Å²) >= 11 is 0. The minimum atomic E-state index is 0.281. The van der Waals surface area contributed by atoms with Crippen LogP contribution in [0.15, 0.2) is 55.0 Å². The van der Waals surface area contributed by atoms with Gasteiger partial charge in [-0.05, 0) is 54.3 Å². The lowest BCUT2D eigenvalue weighted by Gasteiger charge is -2.38. The number of carbonyl (C=O) groups excluding carboxylic acids is 1. The summed E-state index contributed by atoms with van der Waals surface area (Å²) in [7, 11) is 1.65. The van der Waals surface area contributed by atoms with Crippen LogP contribution in [-0.2, 0) is 11.3 Å². The maximum absolute atomic E-state index is 12.5. The number of benzene rings is 1. The molecule has 1 aromatic carbocycles. The summed E-state index contributed by atoms with van der Waals surface area (Å²) in [6, 6.07) is 12.1. The standard InChI is InChI=1S/C28H31N7O2/c1-37-25-17-29-9-8-22(25)21-5-6-23-24(16-21)32-28(31-23)33-26-15-19(7-10-30-26)18-34-11-13-35(14-12-34)27(36)20-3-2-4-20/h5-10,15-17,20H,2-4,11-14,18H2,1H3,(H2,30,31,32,33). The topological polar surface area (TPSA) is 99.3 Å². The Morgan fingerprint density at radius 3 is 2.76 bits per heavy atom. The SMILES string of the molecule is COc1cnccc1-c1ccc2nc(Nc3cc(CN4CCN(C(=O)C5CCC5)CC4)ccn3)[nH]c2c1. The molecule has 0 radical (unpaired) electrons. The molecule has 1 aliphatic heterocycles. The molecule has 37 heavy (non-hydrogen) atoms. The molecule has 6 rings (SSSR count). The van der Waals surface area contributed by atoms with Crippen molar-refractivity contribution in [2.24, 2.45) is 5.92 Å². The Labute approximate surface area is 215 Å². The van der Waals surface area contributed by atoms with Gasteiger partial charge < -0.3 is 19.9 Å². The third-order valence-corrected chi connectivity index (χ3v) is 7.41. The van der Waals surface area contributed by atoms with Crippen molar-refractivity contribution < 1.29 is 9.53 Å². The summed E-state index contributed by atoms with van der Waals surface area (Å²) in [5, 5.41) is 3.32. The number of aromatic amines is 1. The minimum absolute atomic E-state index is 0.281. The van der Waals surface area contributed by atoms with E-state index in [1.165, 1.54) is 12.0 Å². The lowest BCUT2D eigenvalue weighted by molar-refractivity contribution is -0.140. The van der Waals surface area contributed by atoms with Crippen LogP contribution in [0.25, 0.3) is 22.2 Å². The molecule has 0 bridgehead atoms. The van der Waals surface area contributed by atoms with Crippen LogP contribution in [0.1, 0.15) is 24.8 Å². The number of anilines is 2. The molecule has 2 aliphatic rings. The molecule has 4 aromatic rings. The molecule has 2 N–H and O–H groups in total. The van der Waals surface area contributed by atoms with Gasteiger partial charge in [-0.1, -0.05) is 12.5 Å². The Morgan fingerprint density at radius 2 is 1.97 bits per heavy atom. The first-order chi connectivity index (χ1) is 18.2. The molecule has 9 nitrogen and oxygen atoms in total. The number of rotatable bonds is 7. The molecule has 1 saturated heterocycles. The van der Waals surface area contributed by atoms with Crippen LogP contribution in [0.4, 0.5) is 11.8 Å². The van der Waals surface area contributed by atoms with Crippen LogP contribution in [0, 0.1) is 5.92 Å². The van der Waals surface area contributed by atoms with E-state index >= 15 is 0 Å². The number of imidazole rings is 1. The monoisotopic (exact) mass is 497 g/mol. The molecule has 190 valence electrons. The highest BCUT2D eigenvalue weighted by atomic mass is 16.5. The fourth-order valence-electron chi connectivity index (χ4n) is 5.08. The summed E-state index contributed by atoms with van der Waals surface area (Å²) in [5.74, 6) is 2.75. The number of hydrogen-bond acceptors (Lipinski definition) is 7. The molecule has 1 aliphatic carbocycles. The van der Waals surface area contributed by atoms with Crippen LogP contribution in [-0.4, -0.2) is 68.9 Å². The first-order valence-corrected chi connectivity index (χ1v) is 12.9. The van der Waals surface area contributed by atoms with E-state index < -0.39 is 0 Å². The van der Waals surface area contributed by atoms with Gasteiger partial charge in [0.05, 0.1) is 24.3 Å². The minimum Gasteiger partial charge on any atom is -0.494 e. The molecular weight excluding hydrogens is 466 g/mol. The van der Waals surface area contributed by atoms with Crippen molar-refractivity contribution in [3.8, 4) is 16.9 Å². The zero-order valence-electron chi connectivity index (χ0n) is 21.0. The number of fused-ring (bicyclic) bond motifs is 1. The van der Waals surface area contributed by atoms with Crippen LogP contribution >= 0.6 is 0 Å². The first-order valence-electron chi connectivity index (χ1n) is 12.9. The molecule has 0 atom stereocenters. The second kappa shape index (κ2) is 10.2. The fraction of sp³-hybridized carbons (Fsp3) is 0.357. The number of piperazine rings is 1. The Kier molecular flexibility index (Phi) is 6.44. The van der Waals surface area contributed by atoms with Crippen molar-refractivity contribution in [3.05, 3.63) is 60.6 Å². The number of aromatic nitrogens is 4. The van der Waals surface area contributed by atoms with E-state index in [4.69, 9.17) is 4.74 Å². The number of methoxy groups -OCH3 is 1. The number of amides is 1.